The first-order valence-corrected chi connectivity index (χ1v) is 10.7. The van der Waals surface area contributed by atoms with Crippen molar-refractivity contribution < 1.29 is 14.2 Å². The van der Waals surface area contributed by atoms with Crippen LogP contribution in [0, 0.1) is 0 Å². The summed E-state index contributed by atoms with van der Waals surface area (Å²) in [5.74, 6) is 2.43. The lowest BCUT2D eigenvalue weighted by atomic mass is 10.2. The summed E-state index contributed by atoms with van der Waals surface area (Å²) >= 11 is 0. The summed E-state index contributed by atoms with van der Waals surface area (Å²) in [6.07, 6.45) is 5.13. The summed E-state index contributed by atoms with van der Waals surface area (Å²) in [5.41, 5.74) is 3.60. The summed E-state index contributed by atoms with van der Waals surface area (Å²) in [5, 5.41) is 6.56. The molecule has 0 aliphatic carbocycles. The molecule has 0 aliphatic rings. The van der Waals surface area contributed by atoms with Crippen LogP contribution < -0.4 is 24.8 Å². The molecule has 35 heavy (non-hydrogen) atoms. The second-order valence-corrected chi connectivity index (χ2v) is 7.42. The summed E-state index contributed by atoms with van der Waals surface area (Å²) in [4.78, 5) is 18.2. The van der Waals surface area contributed by atoms with E-state index in [1.807, 2.05) is 47.0 Å². The van der Waals surface area contributed by atoms with E-state index in [0.717, 1.165) is 11.4 Å². The molecule has 2 N–H and O–H groups in total. The fraction of sp³-hybridized carbons (Fsp3) is 0.120. The van der Waals surface area contributed by atoms with E-state index in [2.05, 4.69) is 20.6 Å². The maximum atomic E-state index is 5.49. The zero-order chi connectivity index (χ0) is 24.2. The molecule has 5 rings (SSSR count). The molecule has 0 saturated carbocycles. The van der Waals surface area contributed by atoms with E-state index >= 15 is 0 Å². The van der Waals surface area contributed by atoms with Crippen molar-refractivity contribution in [3.63, 3.8) is 0 Å². The maximum Gasteiger partial charge on any atom is 0.231 e. The van der Waals surface area contributed by atoms with Gasteiger partial charge in [0, 0.05) is 29.7 Å². The number of ether oxygens (including phenoxy) is 3. The highest BCUT2D eigenvalue weighted by atomic mass is 16.5. The number of methoxy groups -OCH3 is 3. The fourth-order valence-corrected chi connectivity index (χ4v) is 3.68. The molecule has 176 valence electrons. The molecule has 0 atom stereocenters. The second kappa shape index (κ2) is 9.56. The van der Waals surface area contributed by atoms with Crippen molar-refractivity contribution in [3.05, 3.63) is 73.3 Å². The Hall–Kier alpha value is -4.86. The van der Waals surface area contributed by atoms with Crippen LogP contribution in [-0.4, -0.2) is 45.8 Å². The van der Waals surface area contributed by atoms with Gasteiger partial charge in [0.1, 0.15) is 6.33 Å². The maximum absolute atomic E-state index is 5.49. The Labute approximate surface area is 201 Å². The van der Waals surface area contributed by atoms with Gasteiger partial charge in [-0.15, -0.1) is 0 Å². The second-order valence-electron chi connectivity index (χ2n) is 7.42. The molecule has 5 aromatic rings. The number of pyridine rings is 1. The van der Waals surface area contributed by atoms with E-state index in [1.54, 1.807) is 52.2 Å². The molecule has 0 spiro atoms. The molecule has 0 fully saturated rings. The van der Waals surface area contributed by atoms with Gasteiger partial charge < -0.3 is 24.8 Å². The Balaban J connectivity index is 1.63. The minimum Gasteiger partial charge on any atom is -0.493 e. The fourth-order valence-electron chi connectivity index (χ4n) is 3.68. The quantitative estimate of drug-likeness (QED) is 0.334. The molecule has 3 aromatic heterocycles. The summed E-state index contributed by atoms with van der Waals surface area (Å²) in [6.45, 7) is 0. The highest BCUT2D eigenvalue weighted by Crippen LogP contribution is 2.41. The third-order valence-electron chi connectivity index (χ3n) is 5.28. The predicted molar refractivity (Wildman–Crippen MR) is 134 cm³/mol. The van der Waals surface area contributed by atoms with E-state index in [0.29, 0.717) is 45.9 Å². The predicted octanol–water partition coefficient (Wildman–Crippen LogP) is 4.72. The van der Waals surface area contributed by atoms with Crippen molar-refractivity contribution in [2.45, 2.75) is 0 Å². The molecule has 3 heterocycles. The molecular weight excluding hydrogens is 446 g/mol. The number of benzene rings is 2. The minimum atomic E-state index is 0.387. The minimum absolute atomic E-state index is 0.387. The van der Waals surface area contributed by atoms with E-state index < -0.39 is 0 Å². The first kappa shape index (κ1) is 22.0. The number of para-hydroxylation sites is 1. The summed E-state index contributed by atoms with van der Waals surface area (Å²) in [7, 11) is 4.71. The number of aromatic nitrogens is 5. The van der Waals surface area contributed by atoms with Crippen molar-refractivity contribution in [2.24, 2.45) is 0 Å². The monoisotopic (exact) mass is 469 g/mol. The number of hydrogen-bond donors (Lipinski definition) is 2. The largest absolute Gasteiger partial charge is 0.493 e. The molecule has 2 aromatic carbocycles. The first-order chi connectivity index (χ1) is 17.2. The molecule has 10 nitrogen and oxygen atoms in total. The van der Waals surface area contributed by atoms with Crippen molar-refractivity contribution in [2.75, 3.05) is 32.0 Å². The highest BCUT2D eigenvalue weighted by Gasteiger charge is 2.18. The molecule has 0 radical (unpaired) electrons. The summed E-state index contributed by atoms with van der Waals surface area (Å²) in [6, 6.07) is 17.2. The van der Waals surface area contributed by atoms with Gasteiger partial charge in [-0.3, -0.25) is 9.55 Å². The number of imidazole rings is 1. The molecular formula is C25H23N7O3. The highest BCUT2D eigenvalue weighted by molar-refractivity contribution is 5.88. The lowest BCUT2D eigenvalue weighted by molar-refractivity contribution is 0.324. The van der Waals surface area contributed by atoms with Crippen LogP contribution in [0.15, 0.2) is 73.3 Å². The van der Waals surface area contributed by atoms with Crippen molar-refractivity contribution in [1.29, 1.82) is 0 Å². The van der Waals surface area contributed by atoms with E-state index in [1.165, 1.54) is 0 Å². The van der Waals surface area contributed by atoms with Crippen LogP contribution in [0.5, 0.6) is 17.2 Å². The van der Waals surface area contributed by atoms with Gasteiger partial charge in [0.05, 0.1) is 33.2 Å². The number of hydrogen-bond acceptors (Lipinski definition) is 9. The Morgan fingerprint density at radius 1 is 0.800 bits per heavy atom. The normalized spacial score (nSPS) is 10.7. The number of nitrogens with zero attached hydrogens (tertiary/aromatic N) is 5. The van der Waals surface area contributed by atoms with Gasteiger partial charge in [-0.25, -0.2) is 4.98 Å². The number of nitrogens with one attached hydrogen (secondary N) is 2. The third kappa shape index (κ3) is 4.36. The van der Waals surface area contributed by atoms with Crippen LogP contribution in [0.1, 0.15) is 0 Å². The van der Waals surface area contributed by atoms with Crippen LogP contribution in [-0.2, 0) is 0 Å². The first-order valence-electron chi connectivity index (χ1n) is 10.7. The van der Waals surface area contributed by atoms with Gasteiger partial charge in [-0.1, -0.05) is 18.2 Å². The Morgan fingerprint density at radius 2 is 1.57 bits per heavy atom. The standard InChI is InChI=1S/C25H23N7O3/c1-33-19-12-17(13-20(34-2)22(19)35-3)28-23-21-24(32(15-27-21)18-9-5-4-6-10-18)31-25(30-23)29-16-8-7-11-26-14-16/h4-15H,1-3H3,(H2,28,29,30,31). The van der Waals surface area contributed by atoms with E-state index in [-0.39, 0.29) is 0 Å². The van der Waals surface area contributed by atoms with Gasteiger partial charge in [-0.2, -0.15) is 9.97 Å². The third-order valence-corrected chi connectivity index (χ3v) is 5.28. The smallest absolute Gasteiger partial charge is 0.231 e. The molecule has 0 bridgehead atoms. The molecule has 0 saturated heterocycles. The lowest BCUT2D eigenvalue weighted by Crippen LogP contribution is -2.04. The van der Waals surface area contributed by atoms with Gasteiger partial charge >= 0.3 is 0 Å². The molecule has 0 amide bonds. The van der Waals surface area contributed by atoms with Crippen LogP contribution in [0.25, 0.3) is 16.9 Å². The summed E-state index contributed by atoms with van der Waals surface area (Å²) < 4.78 is 18.3. The van der Waals surface area contributed by atoms with Crippen LogP contribution in [0.4, 0.5) is 23.1 Å². The SMILES string of the molecule is COc1cc(Nc2nc(Nc3cccnc3)nc3c2ncn3-c2ccccc2)cc(OC)c1OC. The molecule has 10 heteroatoms. The van der Waals surface area contributed by atoms with Crippen molar-refractivity contribution >= 4 is 34.3 Å². The zero-order valence-corrected chi connectivity index (χ0v) is 19.4. The average molecular weight is 470 g/mol. The van der Waals surface area contributed by atoms with Gasteiger partial charge in [0.25, 0.3) is 0 Å². The number of rotatable bonds is 8. The van der Waals surface area contributed by atoms with Crippen LogP contribution in [0.2, 0.25) is 0 Å². The Kier molecular flexibility index (Phi) is 6.00. The number of fused-ring (bicyclic) bond motifs is 1. The van der Waals surface area contributed by atoms with Gasteiger partial charge in [0.2, 0.25) is 11.7 Å². The van der Waals surface area contributed by atoms with Gasteiger partial charge in [-0.05, 0) is 24.3 Å². The number of anilines is 4. The van der Waals surface area contributed by atoms with Crippen LogP contribution in [0.3, 0.4) is 0 Å². The van der Waals surface area contributed by atoms with Gasteiger partial charge in [0.15, 0.2) is 28.5 Å². The van der Waals surface area contributed by atoms with Crippen molar-refractivity contribution in [1.82, 2.24) is 24.5 Å². The van der Waals surface area contributed by atoms with E-state index in [4.69, 9.17) is 24.2 Å². The van der Waals surface area contributed by atoms with Crippen LogP contribution >= 0.6 is 0 Å². The Bertz CT molecular complexity index is 1430. The Morgan fingerprint density at radius 3 is 2.23 bits per heavy atom. The topological polar surface area (TPSA) is 108 Å². The lowest BCUT2D eigenvalue weighted by Gasteiger charge is -2.15. The zero-order valence-electron chi connectivity index (χ0n) is 19.4. The van der Waals surface area contributed by atoms with Crippen molar-refractivity contribution in [3.8, 4) is 22.9 Å². The average Bonchev–Trinajstić information content (AvgIpc) is 3.33. The molecule has 0 aliphatic heterocycles. The van der Waals surface area contributed by atoms with E-state index in [9.17, 15) is 0 Å². The molecule has 0 unspecified atom stereocenters.